The third kappa shape index (κ3) is 3.84. The molecule has 0 aliphatic rings. The quantitative estimate of drug-likeness (QED) is 0.430. The van der Waals surface area contributed by atoms with Crippen LogP contribution < -0.4 is 22.9 Å². The molecular weight excluding hydrogens is 296 g/mol. The summed E-state index contributed by atoms with van der Waals surface area (Å²) in [5.74, 6) is 0. The highest BCUT2D eigenvalue weighted by molar-refractivity contribution is 5.58. The Morgan fingerprint density at radius 2 is 1.13 bits per heavy atom. The third-order valence-electron chi connectivity index (χ3n) is 3.58. The molecule has 0 amide bonds. The number of aliphatic hydroxyl groups is 2. The Balaban J connectivity index is 2.28. The van der Waals surface area contributed by atoms with E-state index in [2.05, 4.69) is 0 Å². The van der Waals surface area contributed by atoms with Gasteiger partial charge in [-0.3, -0.25) is 0 Å². The van der Waals surface area contributed by atoms with Crippen LogP contribution in [0.2, 0.25) is 0 Å². The van der Waals surface area contributed by atoms with E-state index < -0.39 is 12.2 Å². The summed E-state index contributed by atoms with van der Waals surface area (Å²) in [5, 5.41) is 19.3. The van der Waals surface area contributed by atoms with Gasteiger partial charge in [0.25, 0.3) is 0 Å². The van der Waals surface area contributed by atoms with Crippen LogP contribution in [-0.2, 0) is 4.74 Å². The minimum absolute atomic E-state index is 0.306. The fourth-order valence-electron chi connectivity index (χ4n) is 2.40. The van der Waals surface area contributed by atoms with Crippen LogP contribution in [0.25, 0.3) is 0 Å². The molecular formula is C16H22N4O3. The second-order valence-electron chi connectivity index (χ2n) is 5.26. The molecule has 2 aromatic carbocycles. The monoisotopic (exact) mass is 318 g/mol. The summed E-state index contributed by atoms with van der Waals surface area (Å²) < 4.78 is 5.82. The van der Waals surface area contributed by atoms with E-state index in [1.54, 1.807) is 36.4 Å². The zero-order valence-corrected chi connectivity index (χ0v) is 12.6. The topological polar surface area (TPSA) is 154 Å². The first kappa shape index (κ1) is 16.9. The third-order valence-corrected chi connectivity index (χ3v) is 3.58. The maximum absolute atomic E-state index is 9.63. The first-order chi connectivity index (χ1) is 11.0. The van der Waals surface area contributed by atoms with Gasteiger partial charge < -0.3 is 37.9 Å². The van der Waals surface area contributed by atoms with Crippen LogP contribution in [0.15, 0.2) is 36.4 Å². The van der Waals surface area contributed by atoms with E-state index in [1.165, 1.54) is 0 Å². The van der Waals surface area contributed by atoms with Crippen molar-refractivity contribution in [3.05, 3.63) is 47.5 Å². The molecule has 0 bridgehead atoms. The average Bonchev–Trinajstić information content (AvgIpc) is 2.50. The molecule has 10 N–H and O–H groups in total. The van der Waals surface area contributed by atoms with Crippen LogP contribution in [0.3, 0.4) is 0 Å². The van der Waals surface area contributed by atoms with E-state index >= 15 is 0 Å². The van der Waals surface area contributed by atoms with Crippen molar-refractivity contribution in [2.75, 3.05) is 36.1 Å². The van der Waals surface area contributed by atoms with Gasteiger partial charge in [0.15, 0.2) is 0 Å². The number of rotatable bonds is 6. The Kier molecular flexibility index (Phi) is 5.28. The van der Waals surface area contributed by atoms with Gasteiger partial charge in [-0.2, -0.15) is 0 Å². The molecule has 0 saturated carbocycles. The number of nitrogen functional groups attached to an aromatic ring is 4. The number of hydrogen-bond acceptors (Lipinski definition) is 7. The van der Waals surface area contributed by atoms with E-state index in [-0.39, 0.29) is 13.2 Å². The maximum atomic E-state index is 9.63. The van der Waals surface area contributed by atoms with Gasteiger partial charge in [0.2, 0.25) is 0 Å². The van der Waals surface area contributed by atoms with Crippen LogP contribution in [0, 0.1) is 0 Å². The summed E-state index contributed by atoms with van der Waals surface area (Å²) in [7, 11) is 0. The Hall–Kier alpha value is -2.48. The Morgan fingerprint density at radius 1 is 0.739 bits per heavy atom. The van der Waals surface area contributed by atoms with Gasteiger partial charge in [-0.05, 0) is 24.3 Å². The number of ether oxygens (including phenoxy) is 1. The summed E-state index contributed by atoms with van der Waals surface area (Å²) in [4.78, 5) is 0. The van der Waals surface area contributed by atoms with Gasteiger partial charge >= 0.3 is 0 Å². The van der Waals surface area contributed by atoms with Crippen LogP contribution in [-0.4, -0.2) is 23.4 Å². The van der Waals surface area contributed by atoms with Gasteiger partial charge in [0.05, 0.1) is 13.2 Å². The van der Waals surface area contributed by atoms with Crippen molar-refractivity contribution in [2.45, 2.75) is 12.2 Å². The molecule has 0 radical (unpaired) electrons. The predicted octanol–water partition coefficient (Wildman–Crippen LogP) is 0.799. The minimum Gasteiger partial charge on any atom is -0.399 e. The first-order valence-corrected chi connectivity index (χ1v) is 7.13. The lowest BCUT2D eigenvalue weighted by Crippen LogP contribution is -2.18. The van der Waals surface area contributed by atoms with Crippen LogP contribution in [0.5, 0.6) is 0 Å². The fraction of sp³-hybridized carbons (Fsp3) is 0.250. The molecule has 23 heavy (non-hydrogen) atoms. The molecule has 0 aliphatic carbocycles. The molecule has 0 fully saturated rings. The Morgan fingerprint density at radius 3 is 1.43 bits per heavy atom. The molecule has 0 heterocycles. The van der Waals surface area contributed by atoms with Crippen molar-refractivity contribution in [1.29, 1.82) is 0 Å². The first-order valence-electron chi connectivity index (χ1n) is 7.13. The van der Waals surface area contributed by atoms with E-state index in [4.69, 9.17) is 27.7 Å². The van der Waals surface area contributed by atoms with Crippen LogP contribution in [0.4, 0.5) is 22.7 Å². The minimum atomic E-state index is -0.718. The summed E-state index contributed by atoms with van der Waals surface area (Å²) in [6.45, 7) is -0.612. The van der Waals surface area contributed by atoms with Crippen molar-refractivity contribution in [1.82, 2.24) is 0 Å². The van der Waals surface area contributed by atoms with Gasteiger partial charge in [-0.1, -0.05) is 12.1 Å². The molecule has 124 valence electrons. The van der Waals surface area contributed by atoms with Crippen molar-refractivity contribution in [3.8, 4) is 0 Å². The lowest BCUT2D eigenvalue weighted by molar-refractivity contribution is -0.0634. The molecule has 7 nitrogen and oxygen atoms in total. The fourth-order valence-corrected chi connectivity index (χ4v) is 2.40. The van der Waals surface area contributed by atoms with E-state index in [0.717, 1.165) is 0 Å². The highest BCUT2D eigenvalue weighted by atomic mass is 16.5. The van der Waals surface area contributed by atoms with E-state index in [9.17, 15) is 10.2 Å². The molecule has 0 saturated heterocycles. The zero-order valence-electron chi connectivity index (χ0n) is 12.6. The van der Waals surface area contributed by atoms with E-state index in [0.29, 0.717) is 33.9 Å². The second kappa shape index (κ2) is 7.19. The van der Waals surface area contributed by atoms with Crippen molar-refractivity contribution >= 4 is 22.7 Å². The average molecular weight is 318 g/mol. The van der Waals surface area contributed by atoms with Crippen molar-refractivity contribution in [2.24, 2.45) is 0 Å². The van der Waals surface area contributed by atoms with Crippen LogP contribution in [0.1, 0.15) is 23.3 Å². The Bertz CT molecular complexity index is 621. The van der Waals surface area contributed by atoms with Gasteiger partial charge in [0.1, 0.15) is 12.2 Å². The van der Waals surface area contributed by atoms with E-state index in [1.807, 2.05) is 0 Å². The Labute approximate surface area is 134 Å². The lowest BCUT2D eigenvalue weighted by atomic mass is 10.0. The molecule has 2 unspecified atom stereocenters. The summed E-state index contributed by atoms with van der Waals surface area (Å²) in [6, 6.07) is 9.89. The molecule has 0 spiro atoms. The predicted molar refractivity (Wildman–Crippen MR) is 91.3 cm³/mol. The number of benzene rings is 2. The number of nitrogens with two attached hydrogens (primary N) is 4. The van der Waals surface area contributed by atoms with Crippen molar-refractivity contribution in [3.63, 3.8) is 0 Å². The molecule has 7 heteroatoms. The lowest BCUT2D eigenvalue weighted by Gasteiger charge is -2.25. The largest absolute Gasteiger partial charge is 0.399 e. The highest BCUT2D eigenvalue weighted by Gasteiger charge is 2.22. The number of anilines is 4. The zero-order chi connectivity index (χ0) is 17.0. The highest BCUT2D eigenvalue weighted by Crippen LogP contribution is 2.33. The van der Waals surface area contributed by atoms with Gasteiger partial charge in [-0.25, -0.2) is 0 Å². The summed E-state index contributed by atoms with van der Waals surface area (Å²) in [5.41, 5.74) is 26.2. The molecule has 0 aliphatic heterocycles. The molecule has 0 aromatic heterocycles. The standard InChI is InChI=1S/C16H22N4O3/c17-9-1-3-11(13(19)5-9)15(7-21)23-16(8-22)12-4-2-10(18)6-14(12)20/h1-6,15-16,21-22H,7-8,17-20H2. The van der Waals surface area contributed by atoms with Crippen molar-refractivity contribution < 1.29 is 14.9 Å². The normalized spacial score (nSPS) is 13.7. The summed E-state index contributed by atoms with van der Waals surface area (Å²) >= 11 is 0. The maximum Gasteiger partial charge on any atom is 0.108 e. The number of hydrogen-bond donors (Lipinski definition) is 6. The second-order valence-corrected chi connectivity index (χ2v) is 5.26. The van der Waals surface area contributed by atoms with Gasteiger partial charge in [0, 0.05) is 33.9 Å². The molecule has 2 rings (SSSR count). The summed E-state index contributed by atoms with van der Waals surface area (Å²) in [6.07, 6.45) is -1.44. The SMILES string of the molecule is Nc1ccc(C(CO)OC(CO)c2ccc(N)cc2N)c(N)c1. The van der Waals surface area contributed by atoms with Gasteiger partial charge in [-0.15, -0.1) is 0 Å². The number of aliphatic hydroxyl groups excluding tert-OH is 2. The molecule has 2 aromatic rings. The molecule has 2 atom stereocenters. The smallest absolute Gasteiger partial charge is 0.108 e. The van der Waals surface area contributed by atoms with Crippen LogP contribution >= 0.6 is 0 Å².